The van der Waals surface area contributed by atoms with Crippen molar-refractivity contribution in [1.29, 1.82) is 0 Å². The van der Waals surface area contributed by atoms with Crippen LogP contribution < -0.4 is 16.4 Å². The van der Waals surface area contributed by atoms with Gasteiger partial charge in [0.2, 0.25) is 11.9 Å². The Morgan fingerprint density at radius 3 is 2.94 bits per heavy atom. The lowest BCUT2D eigenvalue weighted by Gasteiger charge is -2.13. The van der Waals surface area contributed by atoms with E-state index in [1.807, 2.05) is 6.92 Å². The standard InChI is InChI=1S/C11H17N5OS/c1-3-5-13-10(17)7(2)15-11-14-6-4-8(16-11)9(12)18/h4,6-7H,3,5H2,1-2H3,(H2,12,18)(H,13,17)(H,14,15,16). The molecule has 0 bridgehead atoms. The molecule has 1 heterocycles. The molecule has 0 fully saturated rings. The lowest BCUT2D eigenvalue weighted by molar-refractivity contribution is -0.121. The molecule has 0 spiro atoms. The normalized spacial score (nSPS) is 11.7. The van der Waals surface area contributed by atoms with Gasteiger partial charge >= 0.3 is 0 Å². The molecule has 0 aliphatic carbocycles. The van der Waals surface area contributed by atoms with E-state index in [9.17, 15) is 4.79 Å². The molecule has 0 saturated heterocycles. The number of anilines is 1. The Kier molecular flexibility index (Phi) is 5.44. The fourth-order valence-corrected chi connectivity index (χ4v) is 1.34. The molecule has 98 valence electrons. The van der Waals surface area contributed by atoms with Gasteiger partial charge in [0.1, 0.15) is 16.7 Å². The summed E-state index contributed by atoms with van der Waals surface area (Å²) in [7, 11) is 0. The number of aromatic nitrogens is 2. The van der Waals surface area contributed by atoms with Crippen LogP contribution in [0.25, 0.3) is 0 Å². The average molecular weight is 267 g/mol. The second-order valence-corrected chi connectivity index (χ2v) is 4.23. The van der Waals surface area contributed by atoms with Crippen LogP contribution in [0.2, 0.25) is 0 Å². The number of nitrogens with two attached hydrogens (primary N) is 1. The molecule has 1 amide bonds. The van der Waals surface area contributed by atoms with Gasteiger partial charge in [0, 0.05) is 12.7 Å². The van der Waals surface area contributed by atoms with Gasteiger partial charge in [-0.05, 0) is 19.4 Å². The second kappa shape index (κ2) is 6.85. The Bertz CT molecular complexity index is 437. The molecule has 4 N–H and O–H groups in total. The third-order valence-corrected chi connectivity index (χ3v) is 2.41. The highest BCUT2D eigenvalue weighted by molar-refractivity contribution is 7.80. The van der Waals surface area contributed by atoms with E-state index in [4.69, 9.17) is 18.0 Å². The number of nitrogens with zero attached hydrogens (tertiary/aromatic N) is 2. The van der Waals surface area contributed by atoms with Crippen molar-refractivity contribution in [2.75, 3.05) is 11.9 Å². The maximum atomic E-state index is 11.6. The predicted octanol–water partition coefficient (Wildman–Crippen LogP) is 0.437. The van der Waals surface area contributed by atoms with Crippen molar-refractivity contribution in [3.05, 3.63) is 18.0 Å². The SMILES string of the molecule is CCCNC(=O)C(C)Nc1nccc(C(N)=S)n1. The van der Waals surface area contributed by atoms with Gasteiger partial charge in [-0.3, -0.25) is 4.79 Å². The molecule has 1 aromatic heterocycles. The highest BCUT2D eigenvalue weighted by Gasteiger charge is 2.13. The first kappa shape index (κ1) is 14.3. The smallest absolute Gasteiger partial charge is 0.242 e. The molecule has 0 aliphatic rings. The molecular formula is C11H17N5OS. The number of thiocarbonyl (C=S) groups is 1. The molecule has 0 aliphatic heterocycles. The first-order chi connectivity index (χ1) is 8.54. The topological polar surface area (TPSA) is 92.9 Å². The minimum Gasteiger partial charge on any atom is -0.388 e. The summed E-state index contributed by atoms with van der Waals surface area (Å²) in [6.07, 6.45) is 2.44. The molecule has 1 aromatic rings. The van der Waals surface area contributed by atoms with E-state index in [1.165, 1.54) is 0 Å². The van der Waals surface area contributed by atoms with Crippen molar-refractivity contribution < 1.29 is 4.79 Å². The molecule has 6 nitrogen and oxygen atoms in total. The number of rotatable bonds is 6. The Hall–Kier alpha value is -1.76. The van der Waals surface area contributed by atoms with Crippen LogP contribution in [-0.2, 0) is 4.79 Å². The van der Waals surface area contributed by atoms with E-state index in [2.05, 4.69) is 20.6 Å². The summed E-state index contributed by atoms with van der Waals surface area (Å²) in [5.74, 6) is 0.237. The summed E-state index contributed by atoms with van der Waals surface area (Å²) in [5.41, 5.74) is 5.95. The summed E-state index contributed by atoms with van der Waals surface area (Å²) < 4.78 is 0. The van der Waals surface area contributed by atoms with Gasteiger partial charge < -0.3 is 16.4 Å². The zero-order chi connectivity index (χ0) is 13.5. The van der Waals surface area contributed by atoms with Crippen molar-refractivity contribution in [3.8, 4) is 0 Å². The molecule has 1 rings (SSSR count). The molecule has 0 radical (unpaired) electrons. The summed E-state index contributed by atoms with van der Waals surface area (Å²) in [6.45, 7) is 4.38. The number of hydrogen-bond acceptors (Lipinski definition) is 5. The van der Waals surface area contributed by atoms with Crippen LogP contribution in [0, 0.1) is 0 Å². The number of carbonyl (C=O) groups excluding carboxylic acids is 1. The minimum atomic E-state index is -0.418. The molecule has 0 saturated carbocycles. The Morgan fingerprint density at radius 1 is 1.61 bits per heavy atom. The van der Waals surface area contributed by atoms with Gasteiger partial charge in [0.05, 0.1) is 0 Å². The fourth-order valence-electron chi connectivity index (χ4n) is 1.23. The first-order valence-corrected chi connectivity index (χ1v) is 6.12. The largest absolute Gasteiger partial charge is 0.388 e. The maximum Gasteiger partial charge on any atom is 0.242 e. The zero-order valence-electron chi connectivity index (χ0n) is 10.4. The van der Waals surface area contributed by atoms with E-state index in [-0.39, 0.29) is 10.9 Å². The van der Waals surface area contributed by atoms with Gasteiger partial charge in [-0.2, -0.15) is 0 Å². The molecule has 0 aromatic carbocycles. The highest BCUT2D eigenvalue weighted by Crippen LogP contribution is 2.02. The molecular weight excluding hydrogens is 250 g/mol. The number of nitrogens with one attached hydrogen (secondary N) is 2. The average Bonchev–Trinajstić information content (AvgIpc) is 2.36. The Balaban J connectivity index is 2.63. The first-order valence-electron chi connectivity index (χ1n) is 5.71. The van der Waals surface area contributed by atoms with Gasteiger partial charge in [0.25, 0.3) is 0 Å². The van der Waals surface area contributed by atoms with Gasteiger partial charge in [-0.1, -0.05) is 19.1 Å². The van der Waals surface area contributed by atoms with E-state index >= 15 is 0 Å². The van der Waals surface area contributed by atoms with Crippen LogP contribution in [0.3, 0.4) is 0 Å². The van der Waals surface area contributed by atoms with Crippen LogP contribution >= 0.6 is 12.2 Å². The van der Waals surface area contributed by atoms with E-state index in [0.717, 1.165) is 6.42 Å². The van der Waals surface area contributed by atoms with Gasteiger partial charge in [-0.15, -0.1) is 0 Å². The molecule has 1 atom stereocenters. The van der Waals surface area contributed by atoms with Crippen molar-refractivity contribution in [3.63, 3.8) is 0 Å². The fraction of sp³-hybridized carbons (Fsp3) is 0.455. The number of amides is 1. The highest BCUT2D eigenvalue weighted by atomic mass is 32.1. The van der Waals surface area contributed by atoms with E-state index in [0.29, 0.717) is 18.2 Å². The van der Waals surface area contributed by atoms with Crippen LogP contribution in [0.15, 0.2) is 12.3 Å². The number of carbonyl (C=O) groups is 1. The zero-order valence-corrected chi connectivity index (χ0v) is 11.3. The number of hydrogen-bond donors (Lipinski definition) is 3. The third-order valence-electron chi connectivity index (χ3n) is 2.20. The van der Waals surface area contributed by atoms with Crippen molar-refractivity contribution in [2.45, 2.75) is 26.3 Å². The van der Waals surface area contributed by atoms with Gasteiger partial charge in [0.15, 0.2) is 0 Å². The van der Waals surface area contributed by atoms with E-state index < -0.39 is 6.04 Å². The van der Waals surface area contributed by atoms with Crippen LogP contribution in [0.1, 0.15) is 26.0 Å². The second-order valence-electron chi connectivity index (χ2n) is 3.79. The maximum absolute atomic E-state index is 11.6. The minimum absolute atomic E-state index is 0.0961. The van der Waals surface area contributed by atoms with Crippen molar-refractivity contribution in [1.82, 2.24) is 15.3 Å². The molecule has 18 heavy (non-hydrogen) atoms. The molecule has 1 unspecified atom stereocenters. The summed E-state index contributed by atoms with van der Waals surface area (Å²) >= 11 is 4.82. The van der Waals surface area contributed by atoms with Crippen LogP contribution in [0.5, 0.6) is 0 Å². The quantitative estimate of drug-likeness (QED) is 0.648. The monoisotopic (exact) mass is 267 g/mol. The predicted molar refractivity (Wildman–Crippen MR) is 74.3 cm³/mol. The van der Waals surface area contributed by atoms with Crippen molar-refractivity contribution in [2.24, 2.45) is 5.73 Å². The van der Waals surface area contributed by atoms with Crippen LogP contribution in [0.4, 0.5) is 5.95 Å². The van der Waals surface area contributed by atoms with E-state index in [1.54, 1.807) is 19.2 Å². The lowest BCUT2D eigenvalue weighted by atomic mass is 10.3. The lowest BCUT2D eigenvalue weighted by Crippen LogP contribution is -2.38. The van der Waals surface area contributed by atoms with Gasteiger partial charge in [-0.25, -0.2) is 9.97 Å². The summed E-state index contributed by atoms with van der Waals surface area (Å²) in [6, 6.07) is 1.20. The Labute approximate surface area is 111 Å². The molecule has 7 heteroatoms. The summed E-state index contributed by atoms with van der Waals surface area (Å²) in [5, 5.41) is 5.68. The third kappa shape index (κ3) is 4.25. The Morgan fingerprint density at radius 2 is 2.33 bits per heavy atom. The van der Waals surface area contributed by atoms with Crippen LogP contribution in [-0.4, -0.2) is 33.5 Å². The van der Waals surface area contributed by atoms with Crippen molar-refractivity contribution >= 4 is 29.1 Å². The summed E-state index contributed by atoms with van der Waals surface area (Å²) in [4.78, 5) is 20.0.